The van der Waals surface area contributed by atoms with Crippen LogP contribution < -0.4 is 0 Å². The maximum absolute atomic E-state index is 6.29. The number of hydrogen-bond donors (Lipinski definition) is 1. The summed E-state index contributed by atoms with van der Waals surface area (Å²) in [6, 6.07) is 13.5. The van der Waals surface area contributed by atoms with E-state index in [-0.39, 0.29) is 6.04 Å². The Morgan fingerprint density at radius 3 is 2.65 bits per heavy atom. The zero-order chi connectivity index (χ0) is 14.3. The van der Waals surface area contributed by atoms with E-state index < -0.39 is 0 Å². The molecule has 1 aromatic heterocycles. The first kappa shape index (κ1) is 13.7. The number of rotatable bonds is 2. The van der Waals surface area contributed by atoms with Crippen LogP contribution in [0.4, 0.5) is 0 Å². The summed E-state index contributed by atoms with van der Waals surface area (Å²) in [5, 5.41) is 1.42. The van der Waals surface area contributed by atoms with Gasteiger partial charge < -0.3 is 9.55 Å². The molecule has 0 radical (unpaired) electrons. The van der Waals surface area contributed by atoms with Crippen molar-refractivity contribution in [2.45, 2.75) is 13.0 Å². The van der Waals surface area contributed by atoms with Crippen molar-refractivity contribution in [3.05, 3.63) is 62.8 Å². The fourth-order valence-corrected chi connectivity index (χ4v) is 3.26. The van der Waals surface area contributed by atoms with E-state index in [2.05, 4.69) is 11.9 Å². The number of aromatic amines is 1. The molecule has 1 N–H and O–H groups in total. The van der Waals surface area contributed by atoms with Gasteiger partial charge in [0.05, 0.1) is 17.1 Å². The molecule has 0 aliphatic heterocycles. The van der Waals surface area contributed by atoms with E-state index in [1.54, 1.807) is 0 Å². The molecular weight excluding hydrogens is 311 g/mol. The van der Waals surface area contributed by atoms with Gasteiger partial charge in [-0.05, 0) is 49.0 Å². The van der Waals surface area contributed by atoms with Crippen LogP contribution in [0.5, 0.6) is 0 Å². The second-order valence-electron chi connectivity index (χ2n) is 4.66. The third-order valence-electron chi connectivity index (χ3n) is 3.42. The van der Waals surface area contributed by atoms with Crippen LogP contribution in [0.25, 0.3) is 11.0 Å². The lowest BCUT2D eigenvalue weighted by molar-refractivity contribution is 0.649. The minimum atomic E-state index is 0.0309. The van der Waals surface area contributed by atoms with Crippen molar-refractivity contribution in [3.8, 4) is 0 Å². The Labute approximate surface area is 132 Å². The molecular formula is C15H12Cl2N2S. The van der Waals surface area contributed by atoms with Gasteiger partial charge in [-0.1, -0.05) is 41.4 Å². The molecule has 0 spiro atoms. The van der Waals surface area contributed by atoms with Crippen LogP contribution in [0.15, 0.2) is 42.5 Å². The average molecular weight is 323 g/mol. The van der Waals surface area contributed by atoms with Crippen molar-refractivity contribution >= 4 is 46.5 Å². The molecule has 3 aromatic rings. The fraction of sp³-hybridized carbons (Fsp3) is 0.133. The molecule has 0 bridgehead atoms. The van der Waals surface area contributed by atoms with Crippen molar-refractivity contribution in [1.82, 2.24) is 9.55 Å². The van der Waals surface area contributed by atoms with E-state index in [9.17, 15) is 0 Å². The molecule has 1 atom stereocenters. The Morgan fingerprint density at radius 2 is 1.90 bits per heavy atom. The molecule has 0 aliphatic rings. The van der Waals surface area contributed by atoms with Crippen molar-refractivity contribution in [3.63, 3.8) is 0 Å². The first-order chi connectivity index (χ1) is 9.58. The van der Waals surface area contributed by atoms with Gasteiger partial charge in [0.25, 0.3) is 0 Å². The summed E-state index contributed by atoms with van der Waals surface area (Å²) in [6.45, 7) is 2.07. The fourth-order valence-electron chi connectivity index (χ4n) is 2.43. The van der Waals surface area contributed by atoms with Gasteiger partial charge in [0, 0.05) is 10.0 Å². The quantitative estimate of drug-likeness (QED) is 0.607. The third kappa shape index (κ3) is 2.26. The predicted octanol–water partition coefficient (Wildman–Crippen LogP) is 5.61. The van der Waals surface area contributed by atoms with E-state index in [4.69, 9.17) is 35.4 Å². The van der Waals surface area contributed by atoms with Gasteiger partial charge in [-0.15, -0.1) is 0 Å². The Bertz CT molecular complexity index is 835. The van der Waals surface area contributed by atoms with E-state index in [0.717, 1.165) is 21.6 Å². The van der Waals surface area contributed by atoms with Gasteiger partial charge in [-0.3, -0.25) is 0 Å². The van der Waals surface area contributed by atoms with Crippen LogP contribution in [-0.4, -0.2) is 9.55 Å². The smallest absolute Gasteiger partial charge is 0.178 e. The van der Waals surface area contributed by atoms with Crippen molar-refractivity contribution < 1.29 is 0 Å². The Kier molecular flexibility index (Phi) is 3.59. The van der Waals surface area contributed by atoms with Crippen LogP contribution in [0.2, 0.25) is 10.0 Å². The molecule has 0 fully saturated rings. The number of nitrogens with one attached hydrogen (secondary N) is 1. The summed E-state index contributed by atoms with van der Waals surface area (Å²) in [4.78, 5) is 3.20. The highest BCUT2D eigenvalue weighted by atomic mass is 35.5. The number of hydrogen-bond acceptors (Lipinski definition) is 1. The van der Waals surface area contributed by atoms with Crippen molar-refractivity contribution in [2.24, 2.45) is 0 Å². The summed E-state index contributed by atoms with van der Waals surface area (Å²) < 4.78 is 2.70. The highest BCUT2D eigenvalue weighted by Crippen LogP contribution is 2.30. The van der Waals surface area contributed by atoms with Gasteiger partial charge in [0.15, 0.2) is 4.77 Å². The predicted molar refractivity (Wildman–Crippen MR) is 87.4 cm³/mol. The molecule has 5 heteroatoms. The van der Waals surface area contributed by atoms with Crippen LogP contribution in [-0.2, 0) is 0 Å². The molecule has 1 heterocycles. The maximum atomic E-state index is 6.29. The zero-order valence-electron chi connectivity index (χ0n) is 10.7. The molecule has 2 nitrogen and oxygen atoms in total. The number of aromatic nitrogens is 2. The van der Waals surface area contributed by atoms with Gasteiger partial charge in [0.1, 0.15) is 0 Å². The molecule has 2 aromatic carbocycles. The number of benzene rings is 2. The zero-order valence-corrected chi connectivity index (χ0v) is 13.1. The van der Waals surface area contributed by atoms with Gasteiger partial charge in [-0.2, -0.15) is 0 Å². The molecule has 3 rings (SSSR count). The topological polar surface area (TPSA) is 20.7 Å². The van der Waals surface area contributed by atoms with Gasteiger partial charge in [-0.25, -0.2) is 0 Å². The normalized spacial score (nSPS) is 12.8. The maximum Gasteiger partial charge on any atom is 0.178 e. The molecule has 0 saturated heterocycles. The lowest BCUT2D eigenvalue weighted by Crippen LogP contribution is -2.07. The largest absolute Gasteiger partial charge is 0.331 e. The Hall–Kier alpha value is -1.29. The first-order valence-electron chi connectivity index (χ1n) is 6.22. The SMILES string of the molecule is CC(c1ccccc1Cl)n1c(=S)[nH]c2ccc(Cl)cc21. The molecule has 1 unspecified atom stereocenters. The Balaban J connectivity index is 2.24. The Morgan fingerprint density at radius 1 is 1.15 bits per heavy atom. The first-order valence-corrected chi connectivity index (χ1v) is 7.38. The second-order valence-corrected chi connectivity index (χ2v) is 5.89. The van der Waals surface area contributed by atoms with Crippen LogP contribution in [0.3, 0.4) is 0 Å². The van der Waals surface area contributed by atoms with Crippen LogP contribution in [0.1, 0.15) is 18.5 Å². The van der Waals surface area contributed by atoms with Crippen molar-refractivity contribution in [1.29, 1.82) is 0 Å². The standard InChI is InChI=1S/C15H12Cl2N2S/c1-9(11-4-2-3-5-12(11)17)19-14-8-10(16)6-7-13(14)18-15(19)20/h2-9H,1H3,(H,18,20). The minimum Gasteiger partial charge on any atom is -0.331 e. The second kappa shape index (κ2) is 5.24. The molecule has 0 amide bonds. The summed E-state index contributed by atoms with van der Waals surface area (Å²) >= 11 is 17.8. The average Bonchev–Trinajstić information content (AvgIpc) is 2.74. The van der Waals surface area contributed by atoms with E-state index >= 15 is 0 Å². The summed E-state index contributed by atoms with van der Waals surface area (Å²) in [7, 11) is 0. The third-order valence-corrected chi connectivity index (χ3v) is 4.30. The number of H-pyrrole nitrogens is 1. The van der Waals surface area contributed by atoms with Gasteiger partial charge in [0.2, 0.25) is 0 Å². The van der Waals surface area contributed by atoms with Gasteiger partial charge >= 0.3 is 0 Å². The molecule has 102 valence electrons. The molecule has 0 aliphatic carbocycles. The number of nitrogens with zero attached hydrogens (tertiary/aromatic N) is 1. The lowest BCUT2D eigenvalue weighted by Gasteiger charge is -2.16. The number of fused-ring (bicyclic) bond motifs is 1. The summed E-state index contributed by atoms with van der Waals surface area (Å²) in [5.74, 6) is 0. The van der Waals surface area contributed by atoms with E-state index in [1.165, 1.54) is 0 Å². The minimum absolute atomic E-state index is 0.0309. The number of halogens is 2. The van der Waals surface area contributed by atoms with Crippen LogP contribution >= 0.6 is 35.4 Å². The van der Waals surface area contributed by atoms with E-state index in [1.807, 2.05) is 47.0 Å². The highest BCUT2D eigenvalue weighted by molar-refractivity contribution is 7.71. The monoisotopic (exact) mass is 322 g/mol. The summed E-state index contributed by atoms with van der Waals surface area (Å²) in [5.41, 5.74) is 2.99. The molecule has 20 heavy (non-hydrogen) atoms. The highest BCUT2D eigenvalue weighted by Gasteiger charge is 2.15. The lowest BCUT2D eigenvalue weighted by atomic mass is 10.1. The van der Waals surface area contributed by atoms with E-state index in [0.29, 0.717) is 9.79 Å². The van der Waals surface area contributed by atoms with Crippen molar-refractivity contribution in [2.75, 3.05) is 0 Å². The summed E-state index contributed by atoms with van der Waals surface area (Å²) in [6.07, 6.45) is 0. The van der Waals surface area contributed by atoms with Crippen LogP contribution in [0, 0.1) is 4.77 Å². The number of imidazole rings is 1. The molecule has 0 saturated carbocycles.